The highest BCUT2D eigenvalue weighted by Gasteiger charge is 2.16. The van der Waals surface area contributed by atoms with E-state index in [-0.39, 0.29) is 0 Å². The third-order valence-electron chi connectivity index (χ3n) is 3.02. The molecule has 4 nitrogen and oxygen atoms in total. The second-order valence-corrected chi connectivity index (χ2v) is 5.92. The van der Waals surface area contributed by atoms with E-state index in [0.717, 1.165) is 33.9 Å². The van der Waals surface area contributed by atoms with Crippen molar-refractivity contribution in [2.24, 2.45) is 7.05 Å². The lowest BCUT2D eigenvalue weighted by molar-refractivity contribution is 0.420. The summed E-state index contributed by atoms with van der Waals surface area (Å²) >= 11 is 3.50. The average molecular weight is 338 g/mol. The van der Waals surface area contributed by atoms with Crippen molar-refractivity contribution in [3.05, 3.63) is 40.0 Å². The molecule has 5 heteroatoms. The molecule has 0 bridgehead atoms. The van der Waals surface area contributed by atoms with Gasteiger partial charge in [0.1, 0.15) is 5.75 Å². The van der Waals surface area contributed by atoms with Crippen LogP contribution in [0, 0.1) is 6.92 Å². The zero-order valence-corrected chi connectivity index (χ0v) is 13.9. The average Bonchev–Trinajstić information content (AvgIpc) is 2.64. The molecule has 0 aliphatic carbocycles. The Morgan fingerprint density at radius 2 is 2.05 bits per heavy atom. The van der Waals surface area contributed by atoms with Gasteiger partial charge in [0.25, 0.3) is 0 Å². The van der Waals surface area contributed by atoms with Crippen molar-refractivity contribution in [3.8, 4) is 11.6 Å². The quantitative estimate of drug-likeness (QED) is 0.902. The minimum Gasteiger partial charge on any atom is -0.438 e. The SMILES string of the molecule is Cc1nn(C)c(Oc2ccccc2Br)c1CNC(C)C. The summed E-state index contributed by atoms with van der Waals surface area (Å²) in [6.45, 7) is 7.00. The lowest BCUT2D eigenvalue weighted by Crippen LogP contribution is -2.22. The molecule has 2 rings (SSSR count). The molecule has 0 amide bonds. The molecular weight excluding hydrogens is 318 g/mol. The minimum absolute atomic E-state index is 0.422. The summed E-state index contributed by atoms with van der Waals surface area (Å²) in [6, 6.07) is 8.24. The topological polar surface area (TPSA) is 39.1 Å². The first-order chi connectivity index (χ1) is 9.49. The number of nitrogens with zero attached hydrogens (tertiary/aromatic N) is 2. The van der Waals surface area contributed by atoms with E-state index in [1.54, 1.807) is 4.68 Å². The van der Waals surface area contributed by atoms with Crippen LogP contribution in [0.5, 0.6) is 11.6 Å². The lowest BCUT2D eigenvalue weighted by Gasteiger charge is -2.12. The number of ether oxygens (including phenoxy) is 1. The molecule has 0 aliphatic heterocycles. The van der Waals surface area contributed by atoms with Gasteiger partial charge in [-0.3, -0.25) is 0 Å². The molecule has 0 unspecified atom stereocenters. The zero-order chi connectivity index (χ0) is 14.7. The van der Waals surface area contributed by atoms with Gasteiger partial charge in [-0.15, -0.1) is 0 Å². The Balaban J connectivity index is 2.29. The molecular formula is C15H20BrN3O. The summed E-state index contributed by atoms with van der Waals surface area (Å²) in [5.74, 6) is 1.57. The van der Waals surface area contributed by atoms with Crippen LogP contribution in [0.3, 0.4) is 0 Å². The van der Waals surface area contributed by atoms with E-state index in [1.165, 1.54) is 0 Å². The van der Waals surface area contributed by atoms with Crippen LogP contribution in [0.25, 0.3) is 0 Å². The zero-order valence-electron chi connectivity index (χ0n) is 12.3. The molecule has 0 saturated carbocycles. The molecule has 20 heavy (non-hydrogen) atoms. The Bertz CT molecular complexity index is 593. The highest BCUT2D eigenvalue weighted by Crippen LogP contribution is 2.32. The van der Waals surface area contributed by atoms with E-state index in [0.29, 0.717) is 6.04 Å². The van der Waals surface area contributed by atoms with Crippen molar-refractivity contribution >= 4 is 15.9 Å². The van der Waals surface area contributed by atoms with Crippen LogP contribution < -0.4 is 10.1 Å². The first-order valence-corrected chi connectivity index (χ1v) is 7.46. The normalized spacial score (nSPS) is 11.1. The lowest BCUT2D eigenvalue weighted by atomic mass is 10.2. The number of nitrogens with one attached hydrogen (secondary N) is 1. The van der Waals surface area contributed by atoms with Crippen LogP contribution in [0.4, 0.5) is 0 Å². The standard InChI is InChI=1S/C15H20BrN3O/c1-10(2)17-9-12-11(3)18-19(4)15(12)20-14-8-6-5-7-13(14)16/h5-8,10,17H,9H2,1-4H3. The van der Waals surface area contributed by atoms with Crippen molar-refractivity contribution in [1.29, 1.82) is 0 Å². The number of aryl methyl sites for hydroxylation is 2. The predicted octanol–water partition coefficient (Wildman–Crippen LogP) is 3.78. The van der Waals surface area contributed by atoms with Gasteiger partial charge in [-0.25, -0.2) is 4.68 Å². The summed E-state index contributed by atoms with van der Waals surface area (Å²) in [6.07, 6.45) is 0. The number of rotatable bonds is 5. The van der Waals surface area contributed by atoms with E-state index in [9.17, 15) is 0 Å². The van der Waals surface area contributed by atoms with Gasteiger partial charge in [-0.1, -0.05) is 26.0 Å². The van der Waals surface area contributed by atoms with Gasteiger partial charge >= 0.3 is 0 Å². The fourth-order valence-corrected chi connectivity index (χ4v) is 2.32. The predicted molar refractivity (Wildman–Crippen MR) is 84.1 cm³/mol. The Morgan fingerprint density at radius 1 is 1.35 bits per heavy atom. The van der Waals surface area contributed by atoms with Crippen molar-refractivity contribution in [2.75, 3.05) is 0 Å². The van der Waals surface area contributed by atoms with Crippen LogP contribution >= 0.6 is 15.9 Å². The van der Waals surface area contributed by atoms with Crippen molar-refractivity contribution in [2.45, 2.75) is 33.4 Å². The number of para-hydroxylation sites is 1. The molecule has 1 heterocycles. The van der Waals surface area contributed by atoms with Gasteiger partial charge in [-0.2, -0.15) is 5.10 Å². The van der Waals surface area contributed by atoms with Gasteiger partial charge < -0.3 is 10.1 Å². The molecule has 0 aliphatic rings. The van der Waals surface area contributed by atoms with Gasteiger partial charge in [0.15, 0.2) is 0 Å². The van der Waals surface area contributed by atoms with Gasteiger partial charge in [0, 0.05) is 19.6 Å². The molecule has 0 spiro atoms. The van der Waals surface area contributed by atoms with Gasteiger partial charge in [0.2, 0.25) is 5.88 Å². The Hall–Kier alpha value is -1.33. The molecule has 108 valence electrons. The van der Waals surface area contributed by atoms with Crippen LogP contribution in [-0.2, 0) is 13.6 Å². The largest absolute Gasteiger partial charge is 0.438 e. The number of hydrogen-bond acceptors (Lipinski definition) is 3. The first kappa shape index (κ1) is 15.1. The first-order valence-electron chi connectivity index (χ1n) is 6.67. The summed E-state index contributed by atoms with van der Waals surface area (Å²) in [4.78, 5) is 0. The fraction of sp³-hybridized carbons (Fsp3) is 0.400. The molecule has 1 aromatic heterocycles. The van der Waals surface area contributed by atoms with Crippen LogP contribution in [0.1, 0.15) is 25.1 Å². The third-order valence-corrected chi connectivity index (χ3v) is 3.67. The summed E-state index contributed by atoms with van der Waals surface area (Å²) in [7, 11) is 1.90. The highest BCUT2D eigenvalue weighted by molar-refractivity contribution is 9.10. The van der Waals surface area contributed by atoms with E-state index in [4.69, 9.17) is 4.74 Å². The van der Waals surface area contributed by atoms with E-state index < -0.39 is 0 Å². The molecule has 0 saturated heterocycles. The third kappa shape index (κ3) is 3.41. The molecule has 2 aromatic rings. The number of aromatic nitrogens is 2. The Kier molecular flexibility index (Phi) is 4.83. The number of halogens is 1. The summed E-state index contributed by atoms with van der Waals surface area (Å²) in [5.41, 5.74) is 2.08. The van der Waals surface area contributed by atoms with Gasteiger partial charge in [-0.05, 0) is 35.0 Å². The molecule has 1 aromatic carbocycles. The summed E-state index contributed by atoms with van der Waals surface area (Å²) in [5, 5.41) is 7.86. The molecule has 1 N–H and O–H groups in total. The Labute approximate surface area is 128 Å². The van der Waals surface area contributed by atoms with E-state index in [1.807, 2.05) is 38.2 Å². The fourth-order valence-electron chi connectivity index (χ4n) is 1.95. The van der Waals surface area contributed by atoms with Crippen LogP contribution in [0.15, 0.2) is 28.7 Å². The van der Waals surface area contributed by atoms with Crippen LogP contribution in [-0.4, -0.2) is 15.8 Å². The number of hydrogen-bond donors (Lipinski definition) is 1. The summed E-state index contributed by atoms with van der Waals surface area (Å²) < 4.78 is 8.75. The van der Waals surface area contributed by atoms with Crippen molar-refractivity contribution < 1.29 is 4.74 Å². The molecule has 0 fully saturated rings. The maximum Gasteiger partial charge on any atom is 0.222 e. The van der Waals surface area contributed by atoms with E-state index in [2.05, 4.69) is 40.2 Å². The highest BCUT2D eigenvalue weighted by atomic mass is 79.9. The monoisotopic (exact) mass is 337 g/mol. The second-order valence-electron chi connectivity index (χ2n) is 5.06. The van der Waals surface area contributed by atoms with Crippen molar-refractivity contribution in [3.63, 3.8) is 0 Å². The minimum atomic E-state index is 0.422. The smallest absolute Gasteiger partial charge is 0.222 e. The van der Waals surface area contributed by atoms with Crippen LogP contribution in [0.2, 0.25) is 0 Å². The Morgan fingerprint density at radius 3 is 2.70 bits per heavy atom. The molecule has 0 radical (unpaired) electrons. The maximum absolute atomic E-state index is 6.04. The second kappa shape index (κ2) is 6.41. The maximum atomic E-state index is 6.04. The van der Waals surface area contributed by atoms with Gasteiger partial charge in [0.05, 0.1) is 15.7 Å². The van der Waals surface area contributed by atoms with E-state index >= 15 is 0 Å². The molecule has 0 atom stereocenters. The van der Waals surface area contributed by atoms with Crippen molar-refractivity contribution in [1.82, 2.24) is 15.1 Å². The number of benzene rings is 1.